The average Bonchev–Trinajstić information content (AvgIpc) is 2.47. The predicted molar refractivity (Wildman–Crippen MR) is 87.2 cm³/mol. The minimum Gasteiger partial charge on any atom is -0.478 e. The Hall–Kier alpha value is -2.38. The fourth-order valence-electron chi connectivity index (χ4n) is 1.80. The van der Waals surface area contributed by atoms with Gasteiger partial charge in [0.1, 0.15) is 0 Å². The van der Waals surface area contributed by atoms with Crippen molar-refractivity contribution in [2.24, 2.45) is 11.8 Å². The Morgan fingerprint density at radius 1 is 0.708 bits per heavy atom. The summed E-state index contributed by atoms with van der Waals surface area (Å²) in [7, 11) is 0. The second kappa shape index (κ2) is 10.4. The summed E-state index contributed by atoms with van der Waals surface area (Å²) in [5, 5.41) is 23.6. The molecule has 0 atom stereocenters. The molecule has 0 heterocycles. The number of nitrogens with one attached hydrogen (secondary N) is 2. The zero-order valence-electron chi connectivity index (χ0n) is 14.5. The molecule has 8 heteroatoms. The van der Waals surface area contributed by atoms with Crippen molar-refractivity contribution in [3.63, 3.8) is 0 Å². The van der Waals surface area contributed by atoms with Gasteiger partial charge in [-0.05, 0) is 12.8 Å². The van der Waals surface area contributed by atoms with Crippen molar-refractivity contribution in [3.8, 4) is 0 Å². The number of hydrogen-bond donors (Lipinski definition) is 4. The van der Waals surface area contributed by atoms with E-state index in [0.29, 0.717) is 0 Å². The number of carbonyl (C=O) groups is 4. The first-order valence-corrected chi connectivity index (χ1v) is 7.81. The fourth-order valence-corrected chi connectivity index (χ4v) is 1.80. The first kappa shape index (κ1) is 21.6. The van der Waals surface area contributed by atoms with Crippen LogP contribution in [0.15, 0.2) is 11.1 Å². The Bertz CT molecular complexity index is 477. The van der Waals surface area contributed by atoms with Gasteiger partial charge in [0.15, 0.2) is 0 Å². The lowest BCUT2D eigenvalue weighted by molar-refractivity contribution is -0.136. The molecule has 0 unspecified atom stereocenters. The maximum atomic E-state index is 11.5. The zero-order chi connectivity index (χ0) is 18.9. The maximum Gasteiger partial charge on any atom is 0.332 e. The van der Waals surface area contributed by atoms with E-state index in [9.17, 15) is 29.4 Å². The summed E-state index contributed by atoms with van der Waals surface area (Å²) >= 11 is 0. The maximum absolute atomic E-state index is 11.5. The van der Waals surface area contributed by atoms with Gasteiger partial charge in [-0.15, -0.1) is 0 Å². The number of carboxylic acid groups (broad SMARTS) is 2. The average molecular weight is 342 g/mol. The molecule has 0 aromatic rings. The molecule has 0 fully saturated rings. The standard InChI is InChI=1S/C16H26N2O6/c1-9(2)13(19)17-7-5-11(15(21)22)12(16(23)24)6-8-18-14(20)10(3)4/h9-10H,5-8H2,1-4H3,(H,17,19)(H,18,20)(H,21,22)(H,23,24)/b12-11+. The van der Waals surface area contributed by atoms with Gasteiger partial charge in [-0.25, -0.2) is 9.59 Å². The lowest BCUT2D eigenvalue weighted by Gasteiger charge is -2.12. The molecule has 0 saturated heterocycles. The van der Waals surface area contributed by atoms with Crippen molar-refractivity contribution in [1.82, 2.24) is 10.6 Å². The topological polar surface area (TPSA) is 133 Å². The molecule has 0 spiro atoms. The van der Waals surface area contributed by atoms with Crippen LogP contribution in [0, 0.1) is 11.8 Å². The summed E-state index contributed by atoms with van der Waals surface area (Å²) in [5.41, 5.74) is -0.546. The van der Waals surface area contributed by atoms with Crippen LogP contribution in [0.3, 0.4) is 0 Å². The van der Waals surface area contributed by atoms with Gasteiger partial charge in [0, 0.05) is 36.1 Å². The summed E-state index contributed by atoms with van der Waals surface area (Å²) in [6.45, 7) is 6.86. The minimum atomic E-state index is -1.35. The molecule has 0 aliphatic rings. The summed E-state index contributed by atoms with van der Waals surface area (Å²) in [4.78, 5) is 45.6. The highest BCUT2D eigenvalue weighted by molar-refractivity contribution is 5.98. The zero-order valence-corrected chi connectivity index (χ0v) is 14.5. The van der Waals surface area contributed by atoms with E-state index in [1.165, 1.54) is 0 Å². The highest BCUT2D eigenvalue weighted by atomic mass is 16.4. The molecule has 0 radical (unpaired) electrons. The molecule has 0 aromatic carbocycles. The number of rotatable bonds is 10. The Balaban J connectivity index is 4.96. The summed E-state index contributed by atoms with van der Waals surface area (Å²) in [5.74, 6) is -3.65. The molecule has 0 rings (SSSR count). The molecule has 0 aliphatic heterocycles. The quantitative estimate of drug-likeness (QED) is 0.434. The summed E-state index contributed by atoms with van der Waals surface area (Å²) in [6, 6.07) is 0. The van der Waals surface area contributed by atoms with Crippen LogP contribution < -0.4 is 10.6 Å². The van der Waals surface area contributed by atoms with Gasteiger partial charge in [0.2, 0.25) is 11.8 Å². The van der Waals surface area contributed by atoms with E-state index in [1.54, 1.807) is 27.7 Å². The third kappa shape index (κ3) is 7.75. The third-order valence-electron chi connectivity index (χ3n) is 3.28. The molecule has 136 valence electrons. The van der Waals surface area contributed by atoms with Crippen LogP contribution in [0.2, 0.25) is 0 Å². The second-order valence-corrected chi connectivity index (χ2v) is 5.96. The number of hydrogen-bond acceptors (Lipinski definition) is 4. The normalized spacial score (nSPS) is 11.9. The van der Waals surface area contributed by atoms with Crippen LogP contribution >= 0.6 is 0 Å². The van der Waals surface area contributed by atoms with Gasteiger partial charge in [-0.3, -0.25) is 9.59 Å². The molecule has 0 bridgehead atoms. The van der Waals surface area contributed by atoms with Gasteiger partial charge in [0.05, 0.1) is 0 Å². The largest absolute Gasteiger partial charge is 0.478 e. The SMILES string of the molecule is CC(C)C(=O)NCC/C(C(=O)O)=C(/CCNC(=O)C(C)C)C(=O)O. The van der Waals surface area contributed by atoms with Crippen LogP contribution in [-0.2, 0) is 19.2 Å². The van der Waals surface area contributed by atoms with Crippen LogP contribution in [0.25, 0.3) is 0 Å². The lowest BCUT2D eigenvalue weighted by atomic mass is 10.0. The first-order valence-electron chi connectivity index (χ1n) is 7.81. The molecule has 0 saturated carbocycles. The van der Waals surface area contributed by atoms with E-state index >= 15 is 0 Å². The monoisotopic (exact) mass is 342 g/mol. The molecular formula is C16H26N2O6. The molecule has 4 N–H and O–H groups in total. The van der Waals surface area contributed by atoms with E-state index in [0.717, 1.165) is 0 Å². The third-order valence-corrected chi connectivity index (χ3v) is 3.28. The Kier molecular flexibility index (Phi) is 9.37. The molecular weight excluding hydrogens is 316 g/mol. The van der Waals surface area contributed by atoms with Crippen molar-refractivity contribution in [2.75, 3.05) is 13.1 Å². The van der Waals surface area contributed by atoms with Crippen LogP contribution in [-0.4, -0.2) is 47.1 Å². The van der Waals surface area contributed by atoms with E-state index in [4.69, 9.17) is 0 Å². The van der Waals surface area contributed by atoms with Gasteiger partial charge in [-0.2, -0.15) is 0 Å². The number of aliphatic carboxylic acids is 2. The molecule has 8 nitrogen and oxygen atoms in total. The van der Waals surface area contributed by atoms with Crippen LogP contribution in [0.1, 0.15) is 40.5 Å². The van der Waals surface area contributed by atoms with Crippen molar-refractivity contribution in [2.45, 2.75) is 40.5 Å². The van der Waals surface area contributed by atoms with Crippen molar-refractivity contribution < 1.29 is 29.4 Å². The highest BCUT2D eigenvalue weighted by Crippen LogP contribution is 2.13. The van der Waals surface area contributed by atoms with Crippen LogP contribution in [0.4, 0.5) is 0 Å². The van der Waals surface area contributed by atoms with Crippen LogP contribution in [0.5, 0.6) is 0 Å². The number of carbonyl (C=O) groups excluding carboxylic acids is 2. The van der Waals surface area contributed by atoms with Gasteiger partial charge in [0.25, 0.3) is 0 Å². The Morgan fingerprint density at radius 2 is 1.00 bits per heavy atom. The predicted octanol–water partition coefficient (Wildman–Crippen LogP) is 0.777. The Labute approximate surface area is 141 Å². The Morgan fingerprint density at radius 3 is 1.21 bits per heavy atom. The first-order chi connectivity index (χ1) is 11.1. The van der Waals surface area contributed by atoms with Gasteiger partial charge < -0.3 is 20.8 Å². The minimum absolute atomic E-state index is 0.0355. The fraction of sp³-hybridized carbons (Fsp3) is 0.625. The van der Waals surface area contributed by atoms with Crippen molar-refractivity contribution >= 4 is 23.8 Å². The second-order valence-electron chi connectivity index (χ2n) is 5.96. The molecule has 0 aromatic heterocycles. The lowest BCUT2D eigenvalue weighted by Crippen LogP contribution is -2.31. The van der Waals surface area contributed by atoms with E-state index in [-0.39, 0.29) is 60.7 Å². The van der Waals surface area contributed by atoms with Crippen molar-refractivity contribution in [1.29, 1.82) is 0 Å². The van der Waals surface area contributed by atoms with Crippen molar-refractivity contribution in [3.05, 3.63) is 11.1 Å². The molecule has 2 amide bonds. The van der Waals surface area contributed by atoms with Gasteiger partial charge in [-0.1, -0.05) is 27.7 Å². The van der Waals surface area contributed by atoms with E-state index < -0.39 is 11.9 Å². The number of amides is 2. The van der Waals surface area contributed by atoms with Gasteiger partial charge >= 0.3 is 11.9 Å². The summed E-state index contributed by atoms with van der Waals surface area (Å²) in [6.07, 6.45) is -0.207. The molecule has 0 aliphatic carbocycles. The van der Waals surface area contributed by atoms with E-state index in [2.05, 4.69) is 10.6 Å². The summed E-state index contributed by atoms with van der Waals surface area (Å²) < 4.78 is 0. The highest BCUT2D eigenvalue weighted by Gasteiger charge is 2.20. The van der Waals surface area contributed by atoms with E-state index in [1.807, 2.05) is 0 Å². The molecule has 24 heavy (non-hydrogen) atoms. The number of carboxylic acids is 2. The smallest absolute Gasteiger partial charge is 0.332 e.